The normalized spacial score (nSPS) is 20.1. The highest BCUT2D eigenvalue weighted by Gasteiger charge is 2.24. The molecular formula is C29H36N8O. The Labute approximate surface area is 223 Å². The molecule has 0 radical (unpaired) electrons. The molecule has 2 fully saturated rings. The van der Waals surface area contributed by atoms with Crippen molar-refractivity contribution in [1.82, 2.24) is 24.5 Å². The number of para-hydroxylation sites is 1. The van der Waals surface area contributed by atoms with Gasteiger partial charge in [0, 0.05) is 36.4 Å². The van der Waals surface area contributed by atoms with Gasteiger partial charge in [-0.15, -0.1) is 0 Å². The molecular weight excluding hydrogens is 476 g/mol. The minimum atomic E-state index is 0.306. The van der Waals surface area contributed by atoms with Gasteiger partial charge in [-0.3, -0.25) is 4.98 Å². The summed E-state index contributed by atoms with van der Waals surface area (Å²) < 4.78 is 7.75. The lowest BCUT2D eigenvalue weighted by molar-refractivity contribution is 0.410. The number of hydrogen-bond acceptors (Lipinski definition) is 8. The standard InChI is InChI=1S/C29H36N8O/c1-38-25-9-5-4-8-23(25)24-15-10-19(16-31-24)17-32-27-26-28(37(18-33-26)22-6-2-3-7-22)36-29(35-27)34-21-13-11-20(30)12-14-21/h4-5,8-10,15-16,18,20-22H,2-3,6-7,11-14,17,30H2,1H3,(H2,32,34,35,36). The third-order valence-electron chi connectivity index (χ3n) is 7.91. The van der Waals surface area contributed by atoms with Gasteiger partial charge in [-0.05, 0) is 62.3 Å². The summed E-state index contributed by atoms with van der Waals surface area (Å²) in [5, 5.41) is 7.12. The summed E-state index contributed by atoms with van der Waals surface area (Å²) in [5.41, 5.74) is 10.7. The van der Waals surface area contributed by atoms with Crippen LogP contribution >= 0.6 is 0 Å². The van der Waals surface area contributed by atoms with Gasteiger partial charge in [-0.25, -0.2) is 4.98 Å². The van der Waals surface area contributed by atoms with Gasteiger partial charge in [-0.2, -0.15) is 9.97 Å². The minimum absolute atomic E-state index is 0.306. The van der Waals surface area contributed by atoms with Gasteiger partial charge in [-0.1, -0.05) is 31.0 Å². The molecule has 3 aromatic heterocycles. The molecule has 0 unspecified atom stereocenters. The third kappa shape index (κ3) is 5.15. The van der Waals surface area contributed by atoms with Gasteiger partial charge >= 0.3 is 0 Å². The van der Waals surface area contributed by atoms with Crippen LogP contribution in [0, 0.1) is 0 Å². The number of rotatable bonds is 8. The van der Waals surface area contributed by atoms with E-state index in [4.69, 9.17) is 30.4 Å². The molecule has 3 heterocycles. The first-order chi connectivity index (χ1) is 18.7. The molecule has 198 valence electrons. The molecule has 0 saturated heterocycles. The zero-order valence-corrected chi connectivity index (χ0v) is 21.9. The van der Waals surface area contributed by atoms with Crippen molar-refractivity contribution in [2.45, 2.75) is 76.0 Å². The highest BCUT2D eigenvalue weighted by Crippen LogP contribution is 2.34. The first-order valence-electron chi connectivity index (χ1n) is 13.8. The molecule has 4 N–H and O–H groups in total. The lowest BCUT2D eigenvalue weighted by atomic mass is 9.92. The van der Waals surface area contributed by atoms with Crippen LogP contribution < -0.4 is 21.1 Å². The van der Waals surface area contributed by atoms with Crippen LogP contribution in [0.4, 0.5) is 11.8 Å². The smallest absolute Gasteiger partial charge is 0.227 e. The van der Waals surface area contributed by atoms with Gasteiger partial charge in [0.15, 0.2) is 17.0 Å². The van der Waals surface area contributed by atoms with Crippen molar-refractivity contribution < 1.29 is 4.74 Å². The van der Waals surface area contributed by atoms with Crippen LogP contribution in [0.15, 0.2) is 48.9 Å². The van der Waals surface area contributed by atoms with Crippen LogP contribution in [0.25, 0.3) is 22.4 Å². The molecule has 2 saturated carbocycles. The molecule has 1 aromatic carbocycles. The van der Waals surface area contributed by atoms with E-state index in [1.165, 1.54) is 25.7 Å². The molecule has 6 rings (SSSR count). The number of benzene rings is 1. The Morgan fingerprint density at radius 1 is 0.974 bits per heavy atom. The summed E-state index contributed by atoms with van der Waals surface area (Å²) in [4.78, 5) is 19.3. The average Bonchev–Trinajstić information content (AvgIpc) is 3.64. The second kappa shape index (κ2) is 10.9. The lowest BCUT2D eigenvalue weighted by Gasteiger charge is -2.27. The third-order valence-corrected chi connectivity index (χ3v) is 7.91. The molecule has 0 spiro atoms. The van der Waals surface area contributed by atoms with E-state index in [1.54, 1.807) is 7.11 Å². The number of fused-ring (bicyclic) bond motifs is 1. The summed E-state index contributed by atoms with van der Waals surface area (Å²) in [6, 6.07) is 13.1. The lowest BCUT2D eigenvalue weighted by Crippen LogP contribution is -2.33. The zero-order chi connectivity index (χ0) is 25.9. The SMILES string of the molecule is COc1ccccc1-c1ccc(CNc2nc(NC3CCC(N)CC3)nc3c2ncn3C2CCCC2)cn1. The van der Waals surface area contributed by atoms with Crippen molar-refractivity contribution in [2.24, 2.45) is 5.73 Å². The fraction of sp³-hybridized carbons (Fsp3) is 0.448. The molecule has 9 nitrogen and oxygen atoms in total. The number of imidazole rings is 1. The van der Waals surface area contributed by atoms with Gasteiger partial charge in [0.25, 0.3) is 0 Å². The maximum atomic E-state index is 6.12. The number of nitrogens with zero attached hydrogens (tertiary/aromatic N) is 5. The van der Waals surface area contributed by atoms with Crippen LogP contribution in [0.5, 0.6) is 5.75 Å². The number of methoxy groups -OCH3 is 1. The molecule has 2 aliphatic carbocycles. The van der Waals surface area contributed by atoms with Gasteiger partial charge < -0.3 is 25.7 Å². The molecule has 4 aromatic rings. The fourth-order valence-corrected chi connectivity index (χ4v) is 5.73. The Hall–Kier alpha value is -3.72. The van der Waals surface area contributed by atoms with Crippen molar-refractivity contribution >= 4 is 22.9 Å². The fourth-order valence-electron chi connectivity index (χ4n) is 5.73. The maximum Gasteiger partial charge on any atom is 0.227 e. The van der Waals surface area contributed by atoms with Crippen LogP contribution in [0.2, 0.25) is 0 Å². The Bertz CT molecular complexity index is 1370. The van der Waals surface area contributed by atoms with E-state index in [0.717, 1.165) is 65.2 Å². The zero-order valence-electron chi connectivity index (χ0n) is 21.9. The number of nitrogens with one attached hydrogen (secondary N) is 2. The van der Waals surface area contributed by atoms with E-state index in [9.17, 15) is 0 Å². The molecule has 0 bridgehead atoms. The highest BCUT2D eigenvalue weighted by molar-refractivity contribution is 5.84. The van der Waals surface area contributed by atoms with Crippen molar-refractivity contribution in [3.05, 3.63) is 54.5 Å². The summed E-state index contributed by atoms with van der Waals surface area (Å²) in [5.74, 6) is 2.22. The first kappa shape index (κ1) is 24.6. The van der Waals surface area contributed by atoms with Crippen molar-refractivity contribution in [3.8, 4) is 17.0 Å². The predicted molar refractivity (Wildman–Crippen MR) is 150 cm³/mol. The molecule has 9 heteroatoms. The van der Waals surface area contributed by atoms with Crippen LogP contribution in [-0.2, 0) is 6.54 Å². The molecule has 0 atom stereocenters. The number of nitrogens with two attached hydrogens (primary N) is 1. The van der Waals surface area contributed by atoms with Crippen LogP contribution in [0.3, 0.4) is 0 Å². The number of ether oxygens (including phenoxy) is 1. The van der Waals surface area contributed by atoms with Crippen molar-refractivity contribution in [2.75, 3.05) is 17.7 Å². The van der Waals surface area contributed by atoms with Crippen molar-refractivity contribution in [1.29, 1.82) is 0 Å². The van der Waals surface area contributed by atoms with E-state index in [0.29, 0.717) is 30.6 Å². The van der Waals surface area contributed by atoms with E-state index in [1.807, 2.05) is 42.9 Å². The number of hydrogen-bond donors (Lipinski definition) is 3. The van der Waals surface area contributed by atoms with Gasteiger partial charge in [0.2, 0.25) is 5.95 Å². The summed E-state index contributed by atoms with van der Waals surface area (Å²) in [7, 11) is 1.68. The second-order valence-electron chi connectivity index (χ2n) is 10.5. The maximum absolute atomic E-state index is 6.12. The molecule has 38 heavy (non-hydrogen) atoms. The van der Waals surface area contributed by atoms with E-state index >= 15 is 0 Å². The Kier molecular flexibility index (Phi) is 7.09. The number of aromatic nitrogens is 5. The first-order valence-corrected chi connectivity index (χ1v) is 13.8. The van der Waals surface area contributed by atoms with E-state index in [-0.39, 0.29) is 0 Å². The average molecular weight is 513 g/mol. The Morgan fingerprint density at radius 3 is 2.55 bits per heavy atom. The number of anilines is 2. The monoisotopic (exact) mass is 512 g/mol. The molecule has 0 amide bonds. The largest absolute Gasteiger partial charge is 0.496 e. The Balaban J connectivity index is 1.24. The van der Waals surface area contributed by atoms with E-state index < -0.39 is 0 Å². The summed E-state index contributed by atoms with van der Waals surface area (Å²) in [6.07, 6.45) is 12.8. The Morgan fingerprint density at radius 2 is 1.79 bits per heavy atom. The number of pyridine rings is 1. The summed E-state index contributed by atoms with van der Waals surface area (Å²) in [6.45, 7) is 0.583. The van der Waals surface area contributed by atoms with Crippen LogP contribution in [-0.4, -0.2) is 43.7 Å². The predicted octanol–water partition coefficient (Wildman–Crippen LogP) is 5.31. The molecule has 0 aliphatic heterocycles. The minimum Gasteiger partial charge on any atom is -0.496 e. The second-order valence-corrected chi connectivity index (χ2v) is 10.5. The molecule has 2 aliphatic rings. The quantitative estimate of drug-likeness (QED) is 0.291. The van der Waals surface area contributed by atoms with Crippen molar-refractivity contribution in [3.63, 3.8) is 0 Å². The van der Waals surface area contributed by atoms with Crippen LogP contribution in [0.1, 0.15) is 63.0 Å². The summed E-state index contributed by atoms with van der Waals surface area (Å²) >= 11 is 0. The van der Waals surface area contributed by atoms with E-state index in [2.05, 4.69) is 21.3 Å². The van der Waals surface area contributed by atoms with Gasteiger partial charge in [0.05, 0.1) is 19.1 Å². The topological polar surface area (TPSA) is 116 Å². The van der Waals surface area contributed by atoms with Gasteiger partial charge in [0.1, 0.15) is 5.75 Å². The highest BCUT2D eigenvalue weighted by atomic mass is 16.5.